The highest BCUT2D eigenvalue weighted by molar-refractivity contribution is 9.10. The Bertz CT molecular complexity index is 981. The van der Waals surface area contributed by atoms with Gasteiger partial charge < -0.3 is 0 Å². The molecule has 4 aromatic rings. The van der Waals surface area contributed by atoms with Crippen molar-refractivity contribution in [2.45, 2.75) is 0 Å². The Hall–Kier alpha value is -2.52. The molecule has 0 saturated carbocycles. The summed E-state index contributed by atoms with van der Waals surface area (Å²) in [6, 6.07) is 26.6. The van der Waals surface area contributed by atoms with Gasteiger partial charge in [-0.25, -0.2) is 0 Å². The highest BCUT2D eigenvalue weighted by Gasteiger charge is 2.13. The summed E-state index contributed by atoms with van der Waals surface area (Å²) in [5.41, 5.74) is 3.94. The SMILES string of the molecule is Brc1ccccc1-c1nnc(-c2ccccc2)c2ccccc12. The maximum Gasteiger partial charge on any atom is 0.102 e. The Morgan fingerprint density at radius 3 is 1.87 bits per heavy atom. The second kappa shape index (κ2) is 5.94. The first-order valence-corrected chi connectivity index (χ1v) is 8.19. The lowest BCUT2D eigenvalue weighted by molar-refractivity contribution is 1.06. The van der Waals surface area contributed by atoms with Gasteiger partial charge in [0.2, 0.25) is 0 Å². The molecule has 4 rings (SSSR count). The van der Waals surface area contributed by atoms with Gasteiger partial charge >= 0.3 is 0 Å². The van der Waals surface area contributed by atoms with Gasteiger partial charge in [0.1, 0.15) is 11.4 Å². The number of benzene rings is 3. The van der Waals surface area contributed by atoms with E-state index in [4.69, 9.17) is 0 Å². The van der Waals surface area contributed by atoms with Crippen molar-refractivity contribution in [3.8, 4) is 22.5 Å². The van der Waals surface area contributed by atoms with E-state index in [9.17, 15) is 0 Å². The molecule has 0 spiro atoms. The molecule has 0 atom stereocenters. The maximum absolute atomic E-state index is 4.53. The molecule has 23 heavy (non-hydrogen) atoms. The van der Waals surface area contributed by atoms with Crippen LogP contribution in [-0.2, 0) is 0 Å². The van der Waals surface area contributed by atoms with Crippen LogP contribution in [0.1, 0.15) is 0 Å². The first-order chi connectivity index (χ1) is 11.3. The minimum atomic E-state index is 0.896. The molecule has 0 aliphatic rings. The summed E-state index contributed by atoms with van der Waals surface area (Å²) in [5.74, 6) is 0. The van der Waals surface area contributed by atoms with E-state index in [0.29, 0.717) is 0 Å². The van der Waals surface area contributed by atoms with Crippen molar-refractivity contribution in [2.24, 2.45) is 0 Å². The van der Waals surface area contributed by atoms with Crippen LogP contribution in [0.25, 0.3) is 33.3 Å². The van der Waals surface area contributed by atoms with Gasteiger partial charge in [0, 0.05) is 26.4 Å². The van der Waals surface area contributed by atoms with E-state index in [1.165, 1.54) is 0 Å². The molecule has 1 heterocycles. The fraction of sp³-hybridized carbons (Fsp3) is 0. The third kappa shape index (κ3) is 2.53. The lowest BCUT2D eigenvalue weighted by atomic mass is 10.0. The lowest BCUT2D eigenvalue weighted by Gasteiger charge is -2.10. The third-order valence-electron chi connectivity index (χ3n) is 3.86. The minimum Gasteiger partial charge on any atom is -0.149 e. The third-order valence-corrected chi connectivity index (χ3v) is 4.56. The number of nitrogens with zero attached hydrogens (tertiary/aromatic N) is 2. The number of rotatable bonds is 2. The highest BCUT2D eigenvalue weighted by Crippen LogP contribution is 2.34. The molecule has 2 nitrogen and oxygen atoms in total. The molecular weight excluding hydrogens is 348 g/mol. The molecule has 0 bridgehead atoms. The summed E-state index contributed by atoms with van der Waals surface area (Å²) in [6.45, 7) is 0. The largest absolute Gasteiger partial charge is 0.149 e. The average Bonchev–Trinajstić information content (AvgIpc) is 2.62. The van der Waals surface area contributed by atoms with E-state index in [1.54, 1.807) is 0 Å². The Balaban J connectivity index is 2.02. The van der Waals surface area contributed by atoms with Crippen LogP contribution in [0.5, 0.6) is 0 Å². The van der Waals surface area contributed by atoms with E-state index in [1.807, 2.05) is 48.5 Å². The van der Waals surface area contributed by atoms with Crippen molar-refractivity contribution < 1.29 is 0 Å². The number of hydrogen-bond acceptors (Lipinski definition) is 2. The van der Waals surface area contributed by atoms with E-state index in [0.717, 1.165) is 37.8 Å². The van der Waals surface area contributed by atoms with Gasteiger partial charge in [-0.3, -0.25) is 0 Å². The monoisotopic (exact) mass is 360 g/mol. The van der Waals surface area contributed by atoms with Crippen LogP contribution in [0.2, 0.25) is 0 Å². The molecule has 0 aliphatic carbocycles. The minimum absolute atomic E-state index is 0.896. The molecule has 1 aromatic heterocycles. The average molecular weight is 361 g/mol. The van der Waals surface area contributed by atoms with Gasteiger partial charge in [0.15, 0.2) is 0 Å². The second-order valence-electron chi connectivity index (χ2n) is 5.29. The van der Waals surface area contributed by atoms with Crippen molar-refractivity contribution in [1.29, 1.82) is 0 Å². The van der Waals surface area contributed by atoms with Crippen molar-refractivity contribution >= 4 is 26.7 Å². The zero-order valence-corrected chi connectivity index (χ0v) is 13.9. The topological polar surface area (TPSA) is 25.8 Å². The first-order valence-electron chi connectivity index (χ1n) is 7.40. The van der Waals surface area contributed by atoms with Crippen LogP contribution in [0.4, 0.5) is 0 Å². The Kier molecular flexibility index (Phi) is 3.64. The molecular formula is C20H13BrN2. The van der Waals surface area contributed by atoms with Gasteiger partial charge in [-0.15, -0.1) is 10.2 Å². The molecule has 3 aromatic carbocycles. The quantitative estimate of drug-likeness (QED) is 0.456. The lowest BCUT2D eigenvalue weighted by Crippen LogP contribution is -1.95. The van der Waals surface area contributed by atoms with Crippen molar-refractivity contribution in [2.75, 3.05) is 0 Å². The fourth-order valence-corrected chi connectivity index (χ4v) is 3.24. The van der Waals surface area contributed by atoms with Gasteiger partial charge in [-0.2, -0.15) is 0 Å². The number of halogens is 1. The Morgan fingerprint density at radius 2 is 1.13 bits per heavy atom. The van der Waals surface area contributed by atoms with Gasteiger partial charge in [0.25, 0.3) is 0 Å². The molecule has 0 radical (unpaired) electrons. The van der Waals surface area contributed by atoms with Crippen LogP contribution in [0.15, 0.2) is 83.3 Å². The number of fused-ring (bicyclic) bond motifs is 1. The Labute approximate surface area is 143 Å². The predicted octanol–water partition coefficient (Wildman–Crippen LogP) is 5.73. The van der Waals surface area contributed by atoms with Gasteiger partial charge in [0.05, 0.1) is 0 Å². The number of aromatic nitrogens is 2. The van der Waals surface area contributed by atoms with Crippen LogP contribution >= 0.6 is 15.9 Å². The fourth-order valence-electron chi connectivity index (χ4n) is 2.77. The van der Waals surface area contributed by atoms with E-state index in [2.05, 4.69) is 56.5 Å². The summed E-state index contributed by atoms with van der Waals surface area (Å²) in [4.78, 5) is 0. The van der Waals surface area contributed by atoms with Crippen molar-refractivity contribution in [3.05, 3.63) is 83.3 Å². The summed E-state index contributed by atoms with van der Waals surface area (Å²) in [5, 5.41) is 11.3. The zero-order chi connectivity index (χ0) is 15.6. The molecule has 0 saturated heterocycles. The zero-order valence-electron chi connectivity index (χ0n) is 12.3. The maximum atomic E-state index is 4.53. The normalized spacial score (nSPS) is 10.8. The molecule has 0 unspecified atom stereocenters. The number of hydrogen-bond donors (Lipinski definition) is 0. The van der Waals surface area contributed by atoms with Gasteiger partial charge in [-0.05, 0) is 6.07 Å². The molecule has 0 fully saturated rings. The van der Waals surface area contributed by atoms with Crippen LogP contribution in [-0.4, -0.2) is 10.2 Å². The summed E-state index contributed by atoms with van der Waals surface area (Å²) in [7, 11) is 0. The summed E-state index contributed by atoms with van der Waals surface area (Å²) in [6.07, 6.45) is 0. The summed E-state index contributed by atoms with van der Waals surface area (Å²) >= 11 is 3.61. The smallest absolute Gasteiger partial charge is 0.102 e. The van der Waals surface area contributed by atoms with E-state index >= 15 is 0 Å². The second-order valence-corrected chi connectivity index (χ2v) is 6.14. The first kappa shape index (κ1) is 14.1. The van der Waals surface area contributed by atoms with Crippen LogP contribution < -0.4 is 0 Å². The van der Waals surface area contributed by atoms with Crippen LogP contribution in [0, 0.1) is 0 Å². The molecule has 0 amide bonds. The Morgan fingerprint density at radius 1 is 0.565 bits per heavy atom. The van der Waals surface area contributed by atoms with Crippen molar-refractivity contribution in [3.63, 3.8) is 0 Å². The molecule has 110 valence electrons. The van der Waals surface area contributed by atoms with Gasteiger partial charge in [-0.1, -0.05) is 88.7 Å². The molecule has 0 N–H and O–H groups in total. The summed E-state index contributed by atoms with van der Waals surface area (Å²) < 4.78 is 1.02. The van der Waals surface area contributed by atoms with E-state index < -0.39 is 0 Å². The van der Waals surface area contributed by atoms with Crippen LogP contribution in [0.3, 0.4) is 0 Å². The predicted molar refractivity (Wildman–Crippen MR) is 98.1 cm³/mol. The molecule has 3 heteroatoms. The highest BCUT2D eigenvalue weighted by atomic mass is 79.9. The molecule has 0 aliphatic heterocycles. The van der Waals surface area contributed by atoms with E-state index in [-0.39, 0.29) is 0 Å². The van der Waals surface area contributed by atoms with Crippen molar-refractivity contribution in [1.82, 2.24) is 10.2 Å². The standard InChI is InChI=1S/C20H13BrN2/c21-18-13-7-6-12-17(18)20-16-11-5-4-10-15(16)19(22-23-20)14-8-2-1-3-9-14/h1-13H.